The second-order valence-corrected chi connectivity index (χ2v) is 16.4. The van der Waals surface area contributed by atoms with Gasteiger partial charge in [0.1, 0.15) is 0 Å². The van der Waals surface area contributed by atoms with Crippen molar-refractivity contribution in [2.75, 3.05) is 0 Å². The summed E-state index contributed by atoms with van der Waals surface area (Å²) < 4.78 is 88.6. The number of hydrogen-bond donors (Lipinski definition) is 0. The summed E-state index contributed by atoms with van der Waals surface area (Å²) in [5.74, 6) is 0. The number of alkyl halides is 6. The molecule has 0 spiro atoms. The minimum Gasteiger partial charge on any atom is -0.166 e. The van der Waals surface area contributed by atoms with Crippen molar-refractivity contribution in [3.63, 3.8) is 0 Å². The molecule has 12 aromatic carbocycles. The second-order valence-electron chi connectivity index (χ2n) is 16.4. The van der Waals surface area contributed by atoms with Crippen LogP contribution in [0.25, 0.3) is 119 Å². The maximum Gasteiger partial charge on any atom is 0.416 e. The predicted octanol–water partition coefficient (Wildman–Crippen LogP) is 16.9. The molecule has 0 bridgehead atoms. The first kappa shape index (κ1) is 35.1. The zero-order valence-corrected chi connectivity index (χ0v) is 32.1. The molecule has 0 amide bonds. The lowest BCUT2D eigenvalue weighted by Gasteiger charge is -2.20. The van der Waals surface area contributed by atoms with Crippen LogP contribution in [0.15, 0.2) is 146 Å². The summed E-state index contributed by atoms with van der Waals surface area (Å²) in [5.41, 5.74) is 1.39. The molecule has 0 aliphatic carbocycles. The van der Waals surface area contributed by atoms with Crippen LogP contribution in [0.3, 0.4) is 0 Å². The Bertz CT molecular complexity index is 3810. The van der Waals surface area contributed by atoms with Gasteiger partial charge in [0.25, 0.3) is 0 Å². The average molecular weight is 793 g/mol. The maximum atomic E-state index is 14.8. The molecule has 0 aliphatic rings. The highest BCUT2D eigenvalue weighted by molar-refractivity contribution is 6.44. The average Bonchev–Trinajstić information content (AvgIpc) is 3.71. The minimum absolute atomic E-state index is 0.392. The van der Waals surface area contributed by atoms with Gasteiger partial charge in [0.2, 0.25) is 0 Å². The van der Waals surface area contributed by atoms with Gasteiger partial charge >= 0.3 is 12.4 Å². The highest BCUT2D eigenvalue weighted by Gasteiger charge is 2.34. The molecule has 12 rings (SSSR count). The molecule has 12 aromatic rings. The van der Waals surface area contributed by atoms with Gasteiger partial charge in [0, 0.05) is 0 Å². The van der Waals surface area contributed by atoms with Crippen LogP contribution in [0, 0.1) is 13.8 Å². The molecule has 288 valence electrons. The molecule has 0 nitrogen and oxygen atoms in total. The van der Waals surface area contributed by atoms with Crippen molar-refractivity contribution in [2.24, 2.45) is 0 Å². The Balaban J connectivity index is 1.40. The maximum absolute atomic E-state index is 14.8. The number of aryl methyl sites for hydroxylation is 2. The molecule has 60 heavy (non-hydrogen) atoms. The van der Waals surface area contributed by atoms with E-state index in [0.29, 0.717) is 54.9 Å². The molecule has 0 unspecified atom stereocenters. The van der Waals surface area contributed by atoms with E-state index in [0.717, 1.165) is 87.5 Å². The van der Waals surface area contributed by atoms with Gasteiger partial charge in [-0.25, -0.2) is 0 Å². The molecule has 0 N–H and O–H groups in total. The quantitative estimate of drug-likeness (QED) is 0.121. The van der Waals surface area contributed by atoms with E-state index in [1.54, 1.807) is 26.0 Å². The summed E-state index contributed by atoms with van der Waals surface area (Å²) >= 11 is 0. The zero-order valence-electron chi connectivity index (χ0n) is 32.1. The van der Waals surface area contributed by atoms with E-state index in [1.165, 1.54) is 12.1 Å². The van der Waals surface area contributed by atoms with Crippen LogP contribution in [0.2, 0.25) is 0 Å². The fourth-order valence-electron chi connectivity index (χ4n) is 10.5. The Morgan fingerprint density at radius 2 is 0.700 bits per heavy atom. The molecule has 0 aliphatic heterocycles. The Kier molecular flexibility index (Phi) is 6.93. The topological polar surface area (TPSA) is 0 Å². The van der Waals surface area contributed by atoms with Crippen molar-refractivity contribution in [3.8, 4) is 22.3 Å². The number of fused-ring (bicyclic) bond motifs is 11. The molecule has 6 heteroatoms. The van der Waals surface area contributed by atoms with Gasteiger partial charge in [-0.15, -0.1) is 0 Å². The lowest BCUT2D eigenvalue weighted by Crippen LogP contribution is -2.06. The first-order valence-electron chi connectivity index (χ1n) is 19.8. The van der Waals surface area contributed by atoms with Crippen LogP contribution in [0.1, 0.15) is 22.3 Å². The number of halogens is 6. The highest BCUT2D eigenvalue weighted by Crippen LogP contribution is 2.55. The minimum atomic E-state index is -4.62. The smallest absolute Gasteiger partial charge is 0.166 e. The Labute approximate surface area is 338 Å². The van der Waals surface area contributed by atoms with Crippen LogP contribution in [-0.2, 0) is 12.4 Å². The van der Waals surface area contributed by atoms with Crippen molar-refractivity contribution in [1.29, 1.82) is 0 Å². The molecule has 0 fully saturated rings. The van der Waals surface area contributed by atoms with Gasteiger partial charge in [-0.05, 0) is 193 Å². The third kappa shape index (κ3) is 4.82. The van der Waals surface area contributed by atoms with E-state index >= 15 is 0 Å². The predicted molar refractivity (Wildman–Crippen MR) is 237 cm³/mol. The molecule has 0 saturated heterocycles. The number of rotatable bonds is 2. The van der Waals surface area contributed by atoms with Gasteiger partial charge in [-0.3, -0.25) is 0 Å². The molecule has 0 atom stereocenters. The standard InChI is InChI=1S/C54H30F6/c1-27-17-31(21-33(19-27)53(55,56)57)47-44-25-41-39-15-7-13-37-35-11-5-3-9-29(35)23-43(49(37)39)42(41)26-45(44)48(32-18-28(2)20-34(22-32)54(58,59)60)52-46-24-30-10-4-6-12-36(30)38-14-8-16-40(50(38)46)51(47)52/h3-26H,1-2H3. The third-order valence-electron chi connectivity index (χ3n) is 12.7. The summed E-state index contributed by atoms with van der Waals surface area (Å²) in [5, 5.41) is 16.5. The molecular weight excluding hydrogens is 763 g/mol. The van der Waals surface area contributed by atoms with E-state index in [4.69, 9.17) is 0 Å². The van der Waals surface area contributed by atoms with Crippen molar-refractivity contribution in [2.45, 2.75) is 26.2 Å². The zero-order chi connectivity index (χ0) is 41.0. The Morgan fingerprint density at radius 3 is 1.22 bits per heavy atom. The highest BCUT2D eigenvalue weighted by atomic mass is 19.4. The fraction of sp³-hybridized carbons (Fsp3) is 0.0741. The monoisotopic (exact) mass is 792 g/mol. The van der Waals surface area contributed by atoms with Gasteiger partial charge in [0.15, 0.2) is 0 Å². The van der Waals surface area contributed by atoms with E-state index < -0.39 is 23.5 Å². The van der Waals surface area contributed by atoms with E-state index in [9.17, 15) is 26.3 Å². The van der Waals surface area contributed by atoms with Crippen LogP contribution in [0.5, 0.6) is 0 Å². The summed E-state index contributed by atoms with van der Waals surface area (Å²) in [6, 6.07) is 45.3. The lowest BCUT2D eigenvalue weighted by atomic mass is 9.84. The van der Waals surface area contributed by atoms with E-state index in [-0.39, 0.29) is 0 Å². The first-order valence-corrected chi connectivity index (χ1v) is 19.8. The summed E-state index contributed by atoms with van der Waals surface area (Å²) in [7, 11) is 0. The van der Waals surface area contributed by atoms with Crippen molar-refractivity contribution < 1.29 is 26.3 Å². The normalized spacial score (nSPS) is 13.0. The van der Waals surface area contributed by atoms with Gasteiger partial charge in [-0.2, -0.15) is 26.3 Å². The van der Waals surface area contributed by atoms with Gasteiger partial charge < -0.3 is 0 Å². The van der Waals surface area contributed by atoms with Crippen molar-refractivity contribution in [1.82, 2.24) is 0 Å². The fourth-order valence-corrected chi connectivity index (χ4v) is 10.5. The summed E-state index contributed by atoms with van der Waals surface area (Å²) in [6.45, 7) is 3.34. The summed E-state index contributed by atoms with van der Waals surface area (Å²) in [6.07, 6.45) is -9.23. The first-order chi connectivity index (χ1) is 28.8. The van der Waals surface area contributed by atoms with Crippen LogP contribution in [0.4, 0.5) is 26.3 Å². The number of hydrogen-bond acceptors (Lipinski definition) is 0. The van der Waals surface area contributed by atoms with Crippen molar-refractivity contribution in [3.05, 3.63) is 168 Å². The van der Waals surface area contributed by atoms with Crippen LogP contribution >= 0.6 is 0 Å². The van der Waals surface area contributed by atoms with Crippen LogP contribution < -0.4 is 0 Å². The van der Waals surface area contributed by atoms with Crippen LogP contribution in [-0.4, -0.2) is 0 Å². The second kappa shape index (κ2) is 11.9. The molecule has 0 heterocycles. The van der Waals surface area contributed by atoms with Gasteiger partial charge in [0.05, 0.1) is 11.1 Å². The Hall–Kier alpha value is -6.92. The lowest BCUT2D eigenvalue weighted by molar-refractivity contribution is -0.138. The third-order valence-corrected chi connectivity index (χ3v) is 12.7. The molecule has 0 aromatic heterocycles. The Morgan fingerprint density at radius 1 is 0.300 bits per heavy atom. The summed E-state index contributed by atoms with van der Waals surface area (Å²) in [4.78, 5) is 0. The number of benzene rings is 10. The molecule has 0 saturated carbocycles. The molecule has 0 radical (unpaired) electrons. The van der Waals surface area contributed by atoms with Crippen molar-refractivity contribution >= 4 is 97.0 Å². The van der Waals surface area contributed by atoms with E-state index in [1.807, 2.05) is 48.5 Å². The molecular formula is C54H30F6. The SMILES string of the molecule is Cc1cc(-c2c3cc4c(cc3c(-c3cc(C)cc(C(F)(F)F)c3)c3c5cc6ccccc6c6cccc(c23)c65)c2cc3ccccc3c3cccc4c32)cc(C(F)(F)F)c1. The largest absolute Gasteiger partial charge is 0.416 e. The van der Waals surface area contributed by atoms with Gasteiger partial charge in [-0.1, -0.05) is 97.1 Å². The van der Waals surface area contributed by atoms with E-state index in [2.05, 4.69) is 60.7 Å².